The first-order valence-corrected chi connectivity index (χ1v) is 16.4. The molecule has 0 radical (unpaired) electrons. The van der Waals surface area contributed by atoms with Crippen molar-refractivity contribution in [2.75, 3.05) is 26.9 Å². The van der Waals surface area contributed by atoms with E-state index in [2.05, 4.69) is 6.58 Å². The topological polar surface area (TPSA) is 153 Å². The van der Waals surface area contributed by atoms with Crippen LogP contribution in [0, 0.1) is 0 Å². The molecule has 3 aliphatic heterocycles. The van der Waals surface area contributed by atoms with E-state index >= 15 is 0 Å². The smallest absolute Gasteiger partial charge is 0.303 e. The molecule has 3 fully saturated rings. The van der Waals surface area contributed by atoms with Crippen LogP contribution in [0.2, 0.25) is 0 Å². The molecule has 2 aromatic rings. The minimum absolute atomic E-state index is 0.157. The van der Waals surface area contributed by atoms with Gasteiger partial charge in [-0.05, 0) is 5.56 Å². The van der Waals surface area contributed by atoms with Gasteiger partial charge in [0.1, 0.15) is 30.5 Å². The third-order valence-electron chi connectivity index (χ3n) is 8.20. The van der Waals surface area contributed by atoms with Crippen LogP contribution in [-0.2, 0) is 73.1 Å². The number of hydrogen-bond acceptors (Lipinski definition) is 14. The lowest BCUT2D eigenvalue weighted by Crippen LogP contribution is -2.65. The Hall–Kier alpha value is -3.73. The van der Waals surface area contributed by atoms with E-state index in [4.69, 9.17) is 52.1 Å². The Morgan fingerprint density at radius 1 is 0.740 bits per heavy atom. The van der Waals surface area contributed by atoms with Gasteiger partial charge in [0.25, 0.3) is 0 Å². The number of esters is 3. The zero-order chi connectivity index (χ0) is 35.6. The number of fused-ring (bicyclic) bond motifs is 1. The van der Waals surface area contributed by atoms with Crippen molar-refractivity contribution in [1.29, 1.82) is 0 Å². The lowest BCUT2D eigenvalue weighted by Gasteiger charge is -2.49. The van der Waals surface area contributed by atoms with E-state index in [1.165, 1.54) is 27.9 Å². The van der Waals surface area contributed by atoms with Crippen molar-refractivity contribution >= 4 is 17.9 Å². The Bertz CT molecular complexity index is 1410. The molecule has 0 bridgehead atoms. The van der Waals surface area contributed by atoms with Crippen LogP contribution in [0.15, 0.2) is 73.3 Å². The normalized spacial score (nSPS) is 32.3. The van der Waals surface area contributed by atoms with E-state index in [0.717, 1.165) is 11.1 Å². The molecule has 50 heavy (non-hydrogen) atoms. The van der Waals surface area contributed by atoms with Crippen molar-refractivity contribution < 1.29 is 66.5 Å². The van der Waals surface area contributed by atoms with Crippen molar-refractivity contribution in [1.82, 2.24) is 0 Å². The molecule has 14 nitrogen and oxygen atoms in total. The molecule has 3 saturated heterocycles. The third kappa shape index (κ3) is 9.53. The molecule has 0 spiro atoms. The summed E-state index contributed by atoms with van der Waals surface area (Å²) in [7, 11) is 1.33. The lowest BCUT2D eigenvalue weighted by atomic mass is 9.96. The van der Waals surface area contributed by atoms with Gasteiger partial charge in [0, 0.05) is 33.4 Å². The van der Waals surface area contributed by atoms with Gasteiger partial charge in [0.15, 0.2) is 37.2 Å². The summed E-state index contributed by atoms with van der Waals surface area (Å²) in [5, 5.41) is 0. The second-order valence-corrected chi connectivity index (χ2v) is 11.9. The van der Waals surface area contributed by atoms with Crippen LogP contribution in [0.5, 0.6) is 0 Å². The molecular formula is C36H44O14. The molecule has 0 amide bonds. The van der Waals surface area contributed by atoms with Gasteiger partial charge in [-0.1, -0.05) is 66.7 Å². The van der Waals surface area contributed by atoms with Crippen molar-refractivity contribution in [3.8, 4) is 0 Å². The molecule has 3 aliphatic rings. The van der Waals surface area contributed by atoms with Gasteiger partial charge < -0.3 is 52.1 Å². The number of hydrogen-bond donors (Lipinski definition) is 0. The van der Waals surface area contributed by atoms with E-state index in [1.54, 1.807) is 6.08 Å². The Morgan fingerprint density at radius 3 is 2.02 bits per heavy atom. The van der Waals surface area contributed by atoms with Crippen LogP contribution in [0.3, 0.4) is 0 Å². The Morgan fingerprint density at radius 2 is 1.38 bits per heavy atom. The molecule has 2 aromatic carbocycles. The summed E-state index contributed by atoms with van der Waals surface area (Å²) in [6, 6.07) is 19.1. The van der Waals surface area contributed by atoms with E-state index in [0.29, 0.717) is 0 Å². The maximum atomic E-state index is 12.3. The van der Waals surface area contributed by atoms with Gasteiger partial charge in [0.2, 0.25) is 0 Å². The molecule has 0 aromatic heterocycles. The Balaban J connectivity index is 1.42. The molecule has 0 saturated carbocycles. The number of carbonyl (C=O) groups excluding carboxylic acids is 3. The van der Waals surface area contributed by atoms with Crippen LogP contribution >= 0.6 is 0 Å². The fourth-order valence-electron chi connectivity index (χ4n) is 6.14. The van der Waals surface area contributed by atoms with Crippen LogP contribution in [0.25, 0.3) is 0 Å². The van der Waals surface area contributed by atoms with Gasteiger partial charge in [-0.3, -0.25) is 14.4 Å². The van der Waals surface area contributed by atoms with Gasteiger partial charge in [0.05, 0.1) is 26.4 Å². The Labute approximate surface area is 290 Å². The van der Waals surface area contributed by atoms with Crippen LogP contribution < -0.4 is 0 Å². The molecule has 272 valence electrons. The van der Waals surface area contributed by atoms with Gasteiger partial charge in [-0.25, -0.2) is 0 Å². The molecule has 3 heterocycles. The largest absolute Gasteiger partial charge is 0.456 e. The first-order chi connectivity index (χ1) is 24.2. The van der Waals surface area contributed by atoms with Crippen LogP contribution in [0.4, 0.5) is 0 Å². The highest BCUT2D eigenvalue weighted by molar-refractivity contribution is 5.68. The summed E-state index contributed by atoms with van der Waals surface area (Å²) in [5.74, 6) is -2.08. The molecule has 0 N–H and O–H groups in total. The number of ether oxygens (including phenoxy) is 11. The molecule has 5 rings (SSSR count). The maximum absolute atomic E-state index is 12.3. The van der Waals surface area contributed by atoms with Crippen molar-refractivity contribution in [2.45, 2.75) is 95.1 Å². The molecule has 0 aliphatic carbocycles. The summed E-state index contributed by atoms with van der Waals surface area (Å²) in [6.07, 6.45) is -8.99. The summed E-state index contributed by atoms with van der Waals surface area (Å²) in [4.78, 5) is 36.5. The van der Waals surface area contributed by atoms with Crippen molar-refractivity contribution in [3.63, 3.8) is 0 Å². The van der Waals surface area contributed by atoms with Crippen LogP contribution in [0.1, 0.15) is 38.2 Å². The van der Waals surface area contributed by atoms with E-state index in [9.17, 15) is 14.4 Å². The number of methoxy groups -OCH3 is 1. The average molecular weight is 701 g/mol. The zero-order valence-corrected chi connectivity index (χ0v) is 28.5. The highest BCUT2D eigenvalue weighted by Crippen LogP contribution is 2.38. The lowest BCUT2D eigenvalue weighted by molar-refractivity contribution is -0.376. The highest BCUT2D eigenvalue weighted by atomic mass is 16.8. The van der Waals surface area contributed by atoms with Crippen LogP contribution in [-0.4, -0.2) is 106 Å². The number of carbonyl (C=O) groups is 3. The summed E-state index contributed by atoms with van der Waals surface area (Å²) in [6.45, 7) is 7.64. The van der Waals surface area contributed by atoms with E-state index in [1.807, 2.05) is 60.7 Å². The fourth-order valence-corrected chi connectivity index (χ4v) is 6.14. The fraction of sp³-hybridized carbons (Fsp3) is 0.528. The van der Waals surface area contributed by atoms with E-state index in [-0.39, 0.29) is 26.4 Å². The minimum atomic E-state index is -1.28. The summed E-state index contributed by atoms with van der Waals surface area (Å²) >= 11 is 0. The van der Waals surface area contributed by atoms with Gasteiger partial charge in [-0.15, -0.1) is 6.58 Å². The second-order valence-electron chi connectivity index (χ2n) is 11.9. The molecule has 11 atom stereocenters. The third-order valence-corrected chi connectivity index (χ3v) is 8.20. The highest BCUT2D eigenvalue weighted by Gasteiger charge is 2.55. The first-order valence-electron chi connectivity index (χ1n) is 16.4. The molecule has 0 unspecified atom stereocenters. The average Bonchev–Trinajstić information content (AvgIpc) is 3.10. The number of benzene rings is 2. The van der Waals surface area contributed by atoms with Crippen molar-refractivity contribution in [3.05, 3.63) is 84.4 Å². The second kappa shape index (κ2) is 18.0. The van der Waals surface area contributed by atoms with Gasteiger partial charge >= 0.3 is 17.9 Å². The zero-order valence-electron chi connectivity index (χ0n) is 28.5. The standard InChI is InChI=1S/C36H44O14/c1-6-17-41-30-28-26(19-43-34(50-28)25-15-11-8-12-16-25)49-36(32(30)42-18-24-13-9-7-10-14-24)44-20-27-29(45-21(2)37)31(46-22(3)38)33(47-23(4)39)35(40-5)48-27/h6-16,26-36H,1,17-20H2,2-5H3/t26-,27-,28-,29-,30+,31+,32+,33-,34-,35+,36-/m1/s1. The van der Waals surface area contributed by atoms with Crippen molar-refractivity contribution in [2.24, 2.45) is 0 Å². The van der Waals surface area contributed by atoms with E-state index < -0.39 is 85.6 Å². The van der Waals surface area contributed by atoms with Gasteiger partial charge in [-0.2, -0.15) is 0 Å². The number of rotatable bonds is 14. The molecular weight excluding hydrogens is 656 g/mol. The monoisotopic (exact) mass is 700 g/mol. The minimum Gasteiger partial charge on any atom is -0.456 e. The molecule has 14 heteroatoms. The SMILES string of the molecule is C=CCO[C@@H]1[C@H](OCc2ccccc2)[C@H](OC[C@H]2O[C@H](OC)[C@H](OC(C)=O)[C@@H](OC(C)=O)[C@@H]2OC(C)=O)O[C@@H]2CO[C@@H](c3ccccc3)O[C@@H]12. The maximum Gasteiger partial charge on any atom is 0.303 e. The first kappa shape index (κ1) is 37.5. The predicted molar refractivity (Wildman–Crippen MR) is 172 cm³/mol. The predicted octanol–water partition coefficient (Wildman–Crippen LogP) is 3.17. The quantitative estimate of drug-likeness (QED) is 0.161. The summed E-state index contributed by atoms with van der Waals surface area (Å²) < 4.78 is 66.3. The Kier molecular flexibility index (Phi) is 13.5. The summed E-state index contributed by atoms with van der Waals surface area (Å²) in [5.41, 5.74) is 1.74.